The second-order valence-electron chi connectivity index (χ2n) is 3.51. The average Bonchev–Trinajstić information content (AvgIpc) is 2.84. The molecule has 0 bridgehead atoms. The molecule has 17 heavy (non-hydrogen) atoms. The molecular weight excluding hydrogens is 238 g/mol. The predicted molar refractivity (Wildman–Crippen MR) is 65.0 cm³/mol. The summed E-state index contributed by atoms with van der Waals surface area (Å²) in [5, 5.41) is 0.734. The number of thiazole rings is 1. The van der Waals surface area contributed by atoms with Gasteiger partial charge in [0.05, 0.1) is 6.61 Å². The van der Waals surface area contributed by atoms with Gasteiger partial charge in [0.1, 0.15) is 0 Å². The summed E-state index contributed by atoms with van der Waals surface area (Å²) in [6, 6.07) is 0. The summed E-state index contributed by atoms with van der Waals surface area (Å²) in [5.41, 5.74) is 0.384. The van der Waals surface area contributed by atoms with Crippen molar-refractivity contribution in [3.05, 3.63) is 23.0 Å². The van der Waals surface area contributed by atoms with E-state index in [1.165, 1.54) is 11.3 Å². The highest BCUT2D eigenvalue weighted by atomic mass is 32.1. The molecule has 2 aromatic rings. The highest BCUT2D eigenvalue weighted by Gasteiger charge is 2.18. The van der Waals surface area contributed by atoms with E-state index in [1.54, 1.807) is 13.1 Å². The van der Waals surface area contributed by atoms with Crippen LogP contribution in [0, 0.1) is 6.92 Å². The van der Waals surface area contributed by atoms with Gasteiger partial charge in [0, 0.05) is 24.3 Å². The first-order valence-corrected chi connectivity index (χ1v) is 6.07. The molecule has 6 heteroatoms. The summed E-state index contributed by atoms with van der Waals surface area (Å²) < 4.78 is 6.82. The Balaban J connectivity index is 2.37. The highest BCUT2D eigenvalue weighted by Crippen LogP contribution is 2.26. The van der Waals surface area contributed by atoms with Gasteiger partial charge in [0.25, 0.3) is 0 Å². The fraction of sp³-hybridized carbons (Fsp3) is 0.364. The standard InChI is InChI=1S/C11H13N3O2S/c1-4-16-11(15)8-7(2)17-10(13-8)9-12-5-6-14(9)3/h5-6H,4H2,1-3H3. The molecule has 0 aliphatic heterocycles. The third-order valence-corrected chi connectivity index (χ3v) is 3.24. The van der Waals surface area contributed by atoms with Crippen LogP contribution in [0.4, 0.5) is 0 Å². The Hall–Kier alpha value is -1.69. The van der Waals surface area contributed by atoms with Gasteiger partial charge < -0.3 is 9.30 Å². The van der Waals surface area contributed by atoms with Crippen molar-refractivity contribution >= 4 is 17.3 Å². The van der Waals surface area contributed by atoms with Crippen molar-refractivity contribution in [2.45, 2.75) is 13.8 Å². The number of carbonyl (C=O) groups excluding carboxylic acids is 1. The maximum absolute atomic E-state index is 11.6. The van der Waals surface area contributed by atoms with Gasteiger partial charge in [0.2, 0.25) is 0 Å². The van der Waals surface area contributed by atoms with Gasteiger partial charge in [-0.15, -0.1) is 11.3 Å². The number of ether oxygens (including phenoxy) is 1. The van der Waals surface area contributed by atoms with Crippen LogP contribution in [-0.4, -0.2) is 27.1 Å². The minimum absolute atomic E-state index is 0.355. The van der Waals surface area contributed by atoms with E-state index in [9.17, 15) is 4.79 Å². The number of carbonyl (C=O) groups is 1. The Kier molecular flexibility index (Phi) is 3.23. The number of hydrogen-bond donors (Lipinski definition) is 0. The molecule has 2 heterocycles. The topological polar surface area (TPSA) is 57.0 Å². The Labute approximate surface area is 103 Å². The van der Waals surface area contributed by atoms with E-state index in [1.807, 2.05) is 24.7 Å². The van der Waals surface area contributed by atoms with Gasteiger partial charge in [-0.3, -0.25) is 0 Å². The molecule has 90 valence electrons. The molecule has 0 radical (unpaired) electrons. The number of esters is 1. The van der Waals surface area contributed by atoms with Gasteiger partial charge in [-0.05, 0) is 13.8 Å². The number of hydrogen-bond acceptors (Lipinski definition) is 5. The van der Waals surface area contributed by atoms with E-state index in [4.69, 9.17) is 4.74 Å². The molecule has 0 aliphatic carbocycles. The maximum Gasteiger partial charge on any atom is 0.358 e. The summed E-state index contributed by atoms with van der Waals surface area (Å²) in [7, 11) is 1.89. The van der Waals surface area contributed by atoms with E-state index in [0.29, 0.717) is 12.3 Å². The molecule has 0 aliphatic rings. The predicted octanol–water partition coefficient (Wildman–Crippen LogP) is 2.03. The molecule has 2 rings (SSSR count). The van der Waals surface area contributed by atoms with Crippen molar-refractivity contribution in [2.24, 2.45) is 7.05 Å². The zero-order valence-corrected chi connectivity index (χ0v) is 10.7. The number of rotatable bonds is 3. The second-order valence-corrected chi connectivity index (χ2v) is 4.71. The molecule has 0 saturated heterocycles. The van der Waals surface area contributed by atoms with Crippen molar-refractivity contribution in [3.63, 3.8) is 0 Å². The minimum Gasteiger partial charge on any atom is -0.461 e. The Morgan fingerprint density at radius 2 is 2.35 bits per heavy atom. The Bertz CT molecular complexity index is 545. The van der Waals surface area contributed by atoms with Crippen molar-refractivity contribution < 1.29 is 9.53 Å². The number of imidazole rings is 1. The third kappa shape index (κ3) is 2.21. The third-order valence-electron chi connectivity index (χ3n) is 2.28. The lowest BCUT2D eigenvalue weighted by molar-refractivity contribution is 0.0519. The molecule has 0 aromatic carbocycles. The largest absolute Gasteiger partial charge is 0.461 e. The van der Waals surface area contributed by atoms with Gasteiger partial charge >= 0.3 is 5.97 Å². The normalized spacial score (nSPS) is 10.5. The minimum atomic E-state index is -0.373. The van der Waals surface area contributed by atoms with Crippen LogP contribution in [-0.2, 0) is 11.8 Å². The maximum atomic E-state index is 11.6. The molecule has 5 nitrogen and oxygen atoms in total. The van der Waals surface area contributed by atoms with Crippen molar-refractivity contribution in [3.8, 4) is 10.8 Å². The zero-order chi connectivity index (χ0) is 12.4. The van der Waals surface area contributed by atoms with Crippen LogP contribution in [0.1, 0.15) is 22.3 Å². The van der Waals surface area contributed by atoms with Crippen molar-refractivity contribution in [2.75, 3.05) is 6.61 Å². The van der Waals surface area contributed by atoms with Crippen LogP contribution in [0.5, 0.6) is 0 Å². The van der Waals surface area contributed by atoms with E-state index in [0.717, 1.165) is 15.7 Å². The van der Waals surface area contributed by atoms with Crippen LogP contribution in [0.3, 0.4) is 0 Å². The Morgan fingerprint density at radius 1 is 1.59 bits per heavy atom. The quantitative estimate of drug-likeness (QED) is 0.783. The van der Waals surface area contributed by atoms with Crippen LogP contribution in [0.15, 0.2) is 12.4 Å². The molecule has 0 N–H and O–H groups in total. The zero-order valence-electron chi connectivity index (χ0n) is 9.93. The number of aromatic nitrogens is 3. The average molecular weight is 251 g/mol. The van der Waals surface area contributed by atoms with E-state index >= 15 is 0 Å². The fourth-order valence-corrected chi connectivity index (χ4v) is 2.39. The molecule has 0 fully saturated rings. The molecule has 0 spiro atoms. The number of aryl methyl sites for hydroxylation is 2. The monoisotopic (exact) mass is 251 g/mol. The molecular formula is C11H13N3O2S. The van der Waals surface area contributed by atoms with E-state index in [-0.39, 0.29) is 5.97 Å². The Morgan fingerprint density at radius 3 is 2.94 bits per heavy atom. The van der Waals surface area contributed by atoms with E-state index in [2.05, 4.69) is 9.97 Å². The summed E-state index contributed by atoms with van der Waals surface area (Å²) in [4.78, 5) is 21.0. The summed E-state index contributed by atoms with van der Waals surface area (Å²) in [6.45, 7) is 3.99. The van der Waals surface area contributed by atoms with Gasteiger partial charge in [-0.25, -0.2) is 14.8 Å². The second kappa shape index (κ2) is 4.67. The fourth-order valence-electron chi connectivity index (χ4n) is 1.45. The lowest BCUT2D eigenvalue weighted by Gasteiger charge is -1.98. The van der Waals surface area contributed by atoms with Crippen molar-refractivity contribution in [1.82, 2.24) is 14.5 Å². The summed E-state index contributed by atoms with van der Waals surface area (Å²) >= 11 is 1.45. The smallest absolute Gasteiger partial charge is 0.358 e. The van der Waals surface area contributed by atoms with Crippen LogP contribution >= 0.6 is 11.3 Å². The molecule has 0 unspecified atom stereocenters. The summed E-state index contributed by atoms with van der Waals surface area (Å²) in [5.74, 6) is 0.385. The SMILES string of the molecule is CCOC(=O)c1nc(-c2nccn2C)sc1C. The first-order chi connectivity index (χ1) is 8.13. The van der Waals surface area contributed by atoms with Gasteiger partial charge in [0.15, 0.2) is 16.5 Å². The molecule has 0 saturated carbocycles. The first-order valence-electron chi connectivity index (χ1n) is 5.25. The van der Waals surface area contributed by atoms with Gasteiger partial charge in [-0.2, -0.15) is 0 Å². The van der Waals surface area contributed by atoms with Gasteiger partial charge in [-0.1, -0.05) is 0 Å². The van der Waals surface area contributed by atoms with E-state index < -0.39 is 0 Å². The highest BCUT2D eigenvalue weighted by molar-refractivity contribution is 7.15. The lowest BCUT2D eigenvalue weighted by atomic mass is 10.4. The van der Waals surface area contributed by atoms with Crippen LogP contribution in [0.2, 0.25) is 0 Å². The van der Waals surface area contributed by atoms with Crippen molar-refractivity contribution in [1.29, 1.82) is 0 Å². The van der Waals surface area contributed by atoms with Crippen LogP contribution < -0.4 is 0 Å². The molecule has 0 amide bonds. The number of nitrogens with zero attached hydrogens (tertiary/aromatic N) is 3. The first kappa shape index (κ1) is 11.8. The lowest BCUT2D eigenvalue weighted by Crippen LogP contribution is -2.06. The molecule has 2 aromatic heterocycles. The van der Waals surface area contributed by atoms with Crippen LogP contribution in [0.25, 0.3) is 10.8 Å². The molecule has 0 atom stereocenters. The summed E-state index contributed by atoms with van der Waals surface area (Å²) in [6.07, 6.45) is 3.55.